The highest BCUT2D eigenvalue weighted by Gasteiger charge is 2.07. The van der Waals surface area contributed by atoms with Crippen molar-refractivity contribution in [1.29, 1.82) is 0 Å². The minimum Gasteiger partial charge on any atom is -0.399 e. The van der Waals surface area contributed by atoms with Gasteiger partial charge in [0.15, 0.2) is 0 Å². The highest BCUT2D eigenvalue weighted by Crippen LogP contribution is 2.28. The fourth-order valence-corrected chi connectivity index (χ4v) is 3.09. The first-order valence-corrected chi connectivity index (χ1v) is 8.10. The Hall–Kier alpha value is -2.92. The third kappa shape index (κ3) is 2.74. The van der Waals surface area contributed by atoms with E-state index in [4.69, 9.17) is 10.7 Å². The molecule has 0 aliphatic carbocycles. The molecule has 0 atom stereocenters. The van der Waals surface area contributed by atoms with Crippen molar-refractivity contribution in [3.8, 4) is 10.6 Å². The van der Waals surface area contributed by atoms with Crippen LogP contribution in [0.5, 0.6) is 0 Å². The average molecular weight is 318 g/mol. The summed E-state index contributed by atoms with van der Waals surface area (Å²) in [6.07, 6.45) is 1.82. The average Bonchev–Trinajstić information content (AvgIpc) is 3.11. The lowest BCUT2D eigenvalue weighted by Gasteiger charge is -2.09. The predicted octanol–water partition coefficient (Wildman–Crippen LogP) is 4.68. The molecule has 0 amide bonds. The lowest BCUT2D eigenvalue weighted by molar-refractivity contribution is 1.30. The number of hydrogen-bond acceptors (Lipinski definition) is 5. The Morgan fingerprint density at radius 3 is 2.61 bits per heavy atom. The van der Waals surface area contributed by atoms with Crippen molar-refractivity contribution in [1.82, 2.24) is 9.97 Å². The van der Waals surface area contributed by atoms with Crippen LogP contribution >= 0.6 is 11.3 Å². The minimum atomic E-state index is 0.744. The lowest BCUT2D eigenvalue weighted by Crippen LogP contribution is -1.95. The molecular weight excluding hydrogens is 304 g/mol. The summed E-state index contributed by atoms with van der Waals surface area (Å²) in [4.78, 5) is 10.5. The molecule has 4 nitrogen and oxygen atoms in total. The second-order valence-corrected chi connectivity index (χ2v) is 6.10. The van der Waals surface area contributed by atoms with Crippen LogP contribution in [-0.4, -0.2) is 9.97 Å². The molecule has 4 aromatic rings. The van der Waals surface area contributed by atoms with Crippen molar-refractivity contribution in [2.75, 3.05) is 11.1 Å². The molecule has 3 N–H and O–H groups in total. The molecule has 2 aromatic carbocycles. The highest BCUT2D eigenvalue weighted by atomic mass is 32.1. The van der Waals surface area contributed by atoms with Crippen LogP contribution in [0.15, 0.2) is 66.2 Å². The normalized spacial score (nSPS) is 10.8. The molecule has 0 radical (unpaired) electrons. The first-order chi connectivity index (χ1) is 11.3. The van der Waals surface area contributed by atoms with Gasteiger partial charge in [-0.25, -0.2) is 4.98 Å². The van der Waals surface area contributed by atoms with Crippen LogP contribution in [0.25, 0.3) is 21.6 Å². The van der Waals surface area contributed by atoms with Crippen molar-refractivity contribution in [2.24, 2.45) is 0 Å². The number of thiophene rings is 1. The zero-order valence-corrected chi connectivity index (χ0v) is 13.0. The number of fused-ring (bicyclic) bond motifs is 1. The van der Waals surface area contributed by atoms with Gasteiger partial charge in [0.25, 0.3) is 0 Å². The molecule has 0 bridgehead atoms. The number of anilines is 3. The molecule has 2 aromatic heterocycles. The maximum Gasteiger partial charge on any atom is 0.112 e. The lowest BCUT2D eigenvalue weighted by atomic mass is 10.2. The number of aromatic nitrogens is 2. The van der Waals surface area contributed by atoms with Crippen LogP contribution in [-0.2, 0) is 0 Å². The van der Waals surface area contributed by atoms with Gasteiger partial charge >= 0.3 is 0 Å². The highest BCUT2D eigenvalue weighted by molar-refractivity contribution is 7.13. The number of nitrogens with one attached hydrogen (secondary N) is 1. The van der Waals surface area contributed by atoms with E-state index >= 15 is 0 Å². The van der Waals surface area contributed by atoms with Crippen LogP contribution in [0.3, 0.4) is 0 Å². The van der Waals surface area contributed by atoms with E-state index in [1.807, 2.05) is 60.1 Å². The van der Waals surface area contributed by atoms with Crippen LogP contribution in [0.1, 0.15) is 0 Å². The Balaban J connectivity index is 1.74. The van der Waals surface area contributed by atoms with Gasteiger partial charge in [-0.3, -0.25) is 4.98 Å². The Morgan fingerprint density at radius 1 is 0.957 bits per heavy atom. The summed E-state index contributed by atoms with van der Waals surface area (Å²) in [5.74, 6) is 0. The van der Waals surface area contributed by atoms with E-state index in [9.17, 15) is 0 Å². The van der Waals surface area contributed by atoms with Gasteiger partial charge < -0.3 is 11.1 Å². The number of para-hydroxylation sites is 1. The van der Waals surface area contributed by atoms with Crippen LogP contribution < -0.4 is 11.1 Å². The van der Waals surface area contributed by atoms with E-state index in [2.05, 4.69) is 16.4 Å². The molecule has 0 unspecified atom stereocenters. The molecule has 0 spiro atoms. The van der Waals surface area contributed by atoms with Crippen molar-refractivity contribution in [3.05, 3.63) is 66.2 Å². The summed E-state index contributed by atoms with van der Waals surface area (Å²) in [6, 6.07) is 17.7. The number of nitrogen functional groups attached to an aromatic ring is 1. The molecule has 23 heavy (non-hydrogen) atoms. The topological polar surface area (TPSA) is 63.8 Å². The second kappa shape index (κ2) is 5.70. The molecule has 4 rings (SSSR count). The molecule has 2 heterocycles. The maximum absolute atomic E-state index is 5.72. The van der Waals surface area contributed by atoms with E-state index in [1.54, 1.807) is 11.3 Å². The summed E-state index contributed by atoms with van der Waals surface area (Å²) in [5.41, 5.74) is 11.0. The largest absolute Gasteiger partial charge is 0.399 e. The van der Waals surface area contributed by atoms with E-state index in [0.717, 1.165) is 38.7 Å². The standard InChI is InChI=1S/C18H14N4S/c19-12-6-8-13(9-7-12)21-14-3-1-4-15-18(14)20-11-16(22-15)17-5-2-10-23-17/h1-11,21H,19H2. The second-order valence-electron chi connectivity index (χ2n) is 5.15. The molecule has 5 heteroatoms. The van der Waals surface area contributed by atoms with Crippen LogP contribution in [0.4, 0.5) is 17.1 Å². The Labute approximate surface area is 137 Å². The summed E-state index contributed by atoms with van der Waals surface area (Å²) in [7, 11) is 0. The van der Waals surface area contributed by atoms with E-state index in [1.165, 1.54) is 0 Å². The number of nitrogens with zero attached hydrogens (tertiary/aromatic N) is 2. The van der Waals surface area contributed by atoms with Crippen molar-refractivity contribution < 1.29 is 0 Å². The number of nitrogens with two attached hydrogens (primary N) is 1. The van der Waals surface area contributed by atoms with Gasteiger partial charge in [0, 0.05) is 11.4 Å². The number of hydrogen-bond donors (Lipinski definition) is 2. The van der Waals surface area contributed by atoms with Crippen molar-refractivity contribution in [2.45, 2.75) is 0 Å². The fourth-order valence-electron chi connectivity index (χ4n) is 2.41. The monoisotopic (exact) mass is 318 g/mol. The molecule has 0 aliphatic heterocycles. The Bertz CT molecular complexity index is 947. The molecule has 112 valence electrons. The third-order valence-corrected chi connectivity index (χ3v) is 4.43. The van der Waals surface area contributed by atoms with Gasteiger partial charge in [-0.1, -0.05) is 12.1 Å². The SMILES string of the molecule is Nc1ccc(Nc2cccc3nc(-c4cccs4)cnc23)cc1. The quantitative estimate of drug-likeness (QED) is 0.538. The van der Waals surface area contributed by atoms with Crippen LogP contribution in [0.2, 0.25) is 0 Å². The van der Waals surface area contributed by atoms with Gasteiger partial charge in [0.2, 0.25) is 0 Å². The number of rotatable bonds is 3. The molecule has 0 saturated heterocycles. The molecule has 0 aliphatic rings. The fraction of sp³-hybridized carbons (Fsp3) is 0. The third-order valence-electron chi connectivity index (χ3n) is 3.53. The van der Waals surface area contributed by atoms with Gasteiger partial charge in [-0.2, -0.15) is 0 Å². The minimum absolute atomic E-state index is 0.744. The van der Waals surface area contributed by atoms with E-state index in [0.29, 0.717) is 0 Å². The van der Waals surface area contributed by atoms with Crippen LogP contribution in [0, 0.1) is 0 Å². The molecular formula is C18H14N4S. The maximum atomic E-state index is 5.72. The van der Waals surface area contributed by atoms with Gasteiger partial charge in [-0.15, -0.1) is 11.3 Å². The Kier molecular flexibility index (Phi) is 3.40. The number of benzene rings is 2. The Morgan fingerprint density at radius 2 is 1.83 bits per heavy atom. The van der Waals surface area contributed by atoms with E-state index in [-0.39, 0.29) is 0 Å². The van der Waals surface area contributed by atoms with Crippen molar-refractivity contribution >= 4 is 39.4 Å². The van der Waals surface area contributed by atoms with Gasteiger partial charge in [-0.05, 0) is 47.8 Å². The molecule has 0 fully saturated rings. The first-order valence-electron chi connectivity index (χ1n) is 7.22. The summed E-state index contributed by atoms with van der Waals surface area (Å²) >= 11 is 1.66. The molecule has 0 saturated carbocycles. The van der Waals surface area contributed by atoms with Gasteiger partial charge in [0.05, 0.1) is 28.0 Å². The van der Waals surface area contributed by atoms with Crippen molar-refractivity contribution in [3.63, 3.8) is 0 Å². The smallest absolute Gasteiger partial charge is 0.112 e. The summed E-state index contributed by atoms with van der Waals surface area (Å²) in [5, 5.41) is 5.41. The van der Waals surface area contributed by atoms with Gasteiger partial charge in [0.1, 0.15) is 5.52 Å². The zero-order chi connectivity index (χ0) is 15.6. The zero-order valence-electron chi connectivity index (χ0n) is 12.2. The first kappa shape index (κ1) is 13.7. The summed E-state index contributed by atoms with van der Waals surface area (Å²) < 4.78 is 0. The summed E-state index contributed by atoms with van der Waals surface area (Å²) in [6.45, 7) is 0. The predicted molar refractivity (Wildman–Crippen MR) is 97.0 cm³/mol. The van der Waals surface area contributed by atoms with E-state index < -0.39 is 0 Å².